The fraction of sp³-hybridized carbons (Fsp3) is 0.192. The molecule has 35 heavy (non-hydrogen) atoms. The van der Waals surface area contributed by atoms with Crippen LogP contribution >= 0.6 is 0 Å². The number of rotatable bonds is 6. The number of ether oxygens (including phenoxy) is 1. The Hall–Kier alpha value is -4.53. The number of carbonyl (C=O) groups is 1. The van der Waals surface area contributed by atoms with Crippen molar-refractivity contribution in [1.82, 2.24) is 4.98 Å². The van der Waals surface area contributed by atoms with E-state index in [-0.39, 0.29) is 12.5 Å². The molecule has 0 aliphatic heterocycles. The second-order valence-corrected chi connectivity index (χ2v) is 8.10. The summed E-state index contributed by atoms with van der Waals surface area (Å²) >= 11 is 0. The first-order valence-corrected chi connectivity index (χ1v) is 10.9. The molecule has 2 aromatic carbocycles. The minimum atomic E-state index is -0.280. The quantitative estimate of drug-likeness (QED) is 0.282. The maximum Gasteiger partial charge on any atom is 0.257 e. The topological polar surface area (TPSA) is 138 Å². The van der Waals surface area contributed by atoms with Crippen molar-refractivity contribution in [3.63, 3.8) is 0 Å². The molecule has 0 aliphatic rings. The Labute approximate surface area is 202 Å². The lowest BCUT2D eigenvalue weighted by molar-refractivity contribution is 0.102. The number of nitrogens with one attached hydrogen (secondary N) is 1. The minimum absolute atomic E-state index is 0.174. The van der Waals surface area contributed by atoms with E-state index < -0.39 is 0 Å². The van der Waals surface area contributed by atoms with Gasteiger partial charge in [0.2, 0.25) is 0 Å². The van der Waals surface area contributed by atoms with Crippen molar-refractivity contribution in [2.45, 2.75) is 27.4 Å². The maximum atomic E-state index is 12.3. The molecule has 0 fully saturated rings. The van der Waals surface area contributed by atoms with Crippen LogP contribution in [0.3, 0.4) is 0 Å². The minimum Gasteiger partial charge on any atom is -0.486 e. The summed E-state index contributed by atoms with van der Waals surface area (Å²) in [4.78, 5) is 21.3. The zero-order valence-corrected chi connectivity index (χ0v) is 20.0. The first-order chi connectivity index (χ1) is 16.8. The number of amides is 1. The van der Waals surface area contributed by atoms with Gasteiger partial charge in [0.05, 0.1) is 10.9 Å². The molecule has 0 radical (unpaired) electrons. The number of aryl methyl sites for hydroxylation is 2. The fourth-order valence-electron chi connectivity index (χ4n) is 3.74. The summed E-state index contributed by atoms with van der Waals surface area (Å²) in [5, 5.41) is 8.41. The second kappa shape index (κ2) is 9.76. The third kappa shape index (κ3) is 4.89. The summed E-state index contributed by atoms with van der Waals surface area (Å²) in [6.07, 6.45) is 1.43. The van der Waals surface area contributed by atoms with Gasteiger partial charge < -0.3 is 30.8 Å². The van der Waals surface area contributed by atoms with Gasteiger partial charge in [0.25, 0.3) is 5.91 Å². The van der Waals surface area contributed by atoms with E-state index in [2.05, 4.69) is 15.5 Å². The highest BCUT2D eigenvalue weighted by atomic mass is 16.6. The van der Waals surface area contributed by atoms with E-state index >= 15 is 0 Å². The zero-order chi connectivity index (χ0) is 25.1. The van der Waals surface area contributed by atoms with Gasteiger partial charge in [-0.25, -0.2) is 4.98 Å². The molecule has 9 nitrogen and oxygen atoms in total. The molecular formula is C26H27N5O4. The van der Waals surface area contributed by atoms with Gasteiger partial charge in [-0.3, -0.25) is 4.79 Å². The molecule has 9 heteroatoms. The van der Waals surface area contributed by atoms with Crippen LogP contribution in [0.15, 0.2) is 58.2 Å². The van der Waals surface area contributed by atoms with Crippen LogP contribution in [0.2, 0.25) is 0 Å². The number of nitrogens with two attached hydrogens (primary N) is 2. The monoisotopic (exact) mass is 473 g/mol. The van der Waals surface area contributed by atoms with Gasteiger partial charge >= 0.3 is 0 Å². The number of nitrogen functional groups attached to an aromatic ring is 2. The summed E-state index contributed by atoms with van der Waals surface area (Å²) in [7, 11) is 1.50. The Balaban J connectivity index is 1.53. The highest BCUT2D eigenvalue weighted by molar-refractivity contribution is 6.04. The van der Waals surface area contributed by atoms with Crippen LogP contribution in [0.4, 0.5) is 17.2 Å². The lowest BCUT2D eigenvalue weighted by Gasteiger charge is -2.14. The fourth-order valence-corrected chi connectivity index (χ4v) is 3.74. The molecule has 0 aliphatic carbocycles. The van der Waals surface area contributed by atoms with Crippen LogP contribution in [0.5, 0.6) is 5.75 Å². The molecule has 1 amide bonds. The molecule has 0 saturated heterocycles. The first-order valence-electron chi connectivity index (χ1n) is 10.9. The van der Waals surface area contributed by atoms with Crippen molar-refractivity contribution in [2.24, 2.45) is 5.16 Å². The van der Waals surface area contributed by atoms with E-state index in [1.54, 1.807) is 42.5 Å². The highest BCUT2D eigenvalue weighted by Gasteiger charge is 2.15. The number of pyridine rings is 1. The molecule has 2 heterocycles. The van der Waals surface area contributed by atoms with Crippen LogP contribution < -0.4 is 26.9 Å². The molecule has 180 valence electrons. The molecule has 0 spiro atoms. The standard InChI is InChI=1S/C26H27N5O4/c1-14-15(2)25-23(16(3)24(14)28)21(31-33-4)11-20(35-25)13-34-19-8-6-18(7-9-19)30-26(32)17-5-10-22(27)29-12-17/h5-12H,13,28H2,1-4H3,(H2,27,29)(H,30,32)/b31-21+. The van der Waals surface area contributed by atoms with E-state index in [0.29, 0.717) is 45.2 Å². The number of carbonyl (C=O) groups excluding carboxylic acids is 1. The van der Waals surface area contributed by atoms with Crippen LogP contribution in [-0.2, 0) is 11.4 Å². The number of hydrogen-bond acceptors (Lipinski definition) is 8. The van der Waals surface area contributed by atoms with Crippen LogP contribution in [0.1, 0.15) is 32.8 Å². The Morgan fingerprint density at radius 2 is 1.80 bits per heavy atom. The molecule has 4 aromatic rings. The smallest absolute Gasteiger partial charge is 0.257 e. The van der Waals surface area contributed by atoms with Crippen LogP contribution in [0.25, 0.3) is 11.0 Å². The molecular weight excluding hydrogens is 446 g/mol. The Kier molecular flexibility index (Phi) is 6.59. The van der Waals surface area contributed by atoms with E-state index in [1.165, 1.54) is 13.3 Å². The summed E-state index contributed by atoms with van der Waals surface area (Å²) in [5.74, 6) is 1.26. The Morgan fingerprint density at radius 1 is 1.06 bits per heavy atom. The van der Waals surface area contributed by atoms with Crippen molar-refractivity contribution in [3.8, 4) is 5.75 Å². The largest absolute Gasteiger partial charge is 0.486 e. The van der Waals surface area contributed by atoms with Gasteiger partial charge in [0, 0.05) is 23.6 Å². The molecule has 0 unspecified atom stereocenters. The Morgan fingerprint density at radius 3 is 2.46 bits per heavy atom. The highest BCUT2D eigenvalue weighted by Crippen LogP contribution is 2.30. The molecule has 0 bridgehead atoms. The number of nitrogens with zero attached hydrogens (tertiary/aromatic N) is 2. The number of fused-ring (bicyclic) bond motifs is 1. The van der Waals surface area contributed by atoms with Crippen molar-refractivity contribution in [1.29, 1.82) is 0 Å². The maximum absolute atomic E-state index is 12.3. The summed E-state index contributed by atoms with van der Waals surface area (Å²) in [6.45, 7) is 6.04. The van der Waals surface area contributed by atoms with Crippen molar-refractivity contribution < 1.29 is 18.8 Å². The van der Waals surface area contributed by atoms with Crippen LogP contribution in [0, 0.1) is 20.8 Å². The summed E-state index contributed by atoms with van der Waals surface area (Å²) in [5.41, 5.74) is 17.1. The van der Waals surface area contributed by atoms with Gasteiger partial charge in [-0.2, -0.15) is 0 Å². The van der Waals surface area contributed by atoms with Crippen molar-refractivity contribution >= 4 is 34.1 Å². The van der Waals surface area contributed by atoms with E-state index in [1.807, 2.05) is 20.8 Å². The number of aromatic nitrogens is 1. The second-order valence-electron chi connectivity index (χ2n) is 8.10. The predicted molar refractivity (Wildman–Crippen MR) is 135 cm³/mol. The van der Waals surface area contributed by atoms with Gasteiger partial charge in [0.15, 0.2) is 0 Å². The number of benzene rings is 2. The summed E-state index contributed by atoms with van der Waals surface area (Å²) < 4.78 is 12.1. The molecule has 5 N–H and O–H groups in total. The van der Waals surface area contributed by atoms with Crippen LogP contribution in [-0.4, -0.2) is 18.0 Å². The van der Waals surface area contributed by atoms with E-state index in [4.69, 9.17) is 25.5 Å². The lowest BCUT2D eigenvalue weighted by atomic mass is 9.98. The average Bonchev–Trinajstić information content (AvgIpc) is 2.86. The third-order valence-electron chi connectivity index (χ3n) is 5.83. The summed E-state index contributed by atoms with van der Waals surface area (Å²) in [6, 6.07) is 12.0. The lowest BCUT2D eigenvalue weighted by Crippen LogP contribution is -2.12. The van der Waals surface area contributed by atoms with Crippen molar-refractivity contribution in [2.75, 3.05) is 23.9 Å². The van der Waals surface area contributed by atoms with E-state index in [9.17, 15) is 4.79 Å². The first kappa shape index (κ1) is 23.6. The van der Waals surface area contributed by atoms with Gasteiger partial charge in [-0.1, -0.05) is 5.16 Å². The Bertz CT molecular complexity index is 1460. The molecule has 0 atom stereocenters. The molecule has 0 saturated carbocycles. The predicted octanol–water partition coefficient (Wildman–Crippen LogP) is 4.21. The normalized spacial score (nSPS) is 11.5. The van der Waals surface area contributed by atoms with Crippen molar-refractivity contribution in [3.05, 3.63) is 82.0 Å². The number of hydrogen-bond donors (Lipinski definition) is 3. The van der Waals surface area contributed by atoms with E-state index in [0.717, 1.165) is 22.1 Å². The molecule has 4 rings (SSSR count). The SMILES string of the molecule is CO/N=c1\cc(COc2ccc(NC(=O)c3ccc(N)nc3)cc2)oc2c(C)c(C)c(N)c(C)c12. The van der Waals surface area contributed by atoms with Gasteiger partial charge in [-0.15, -0.1) is 0 Å². The molecule has 2 aromatic heterocycles. The van der Waals surface area contributed by atoms with Gasteiger partial charge in [-0.05, 0) is 73.9 Å². The number of anilines is 3. The third-order valence-corrected chi connectivity index (χ3v) is 5.83. The average molecular weight is 474 g/mol. The van der Waals surface area contributed by atoms with Gasteiger partial charge in [0.1, 0.15) is 42.0 Å². The zero-order valence-electron chi connectivity index (χ0n) is 20.0.